The van der Waals surface area contributed by atoms with Crippen molar-refractivity contribution < 1.29 is 0 Å². The summed E-state index contributed by atoms with van der Waals surface area (Å²) in [4.78, 5) is 7.45. The summed E-state index contributed by atoms with van der Waals surface area (Å²) in [7, 11) is 0. The van der Waals surface area contributed by atoms with Crippen molar-refractivity contribution in [3.63, 3.8) is 0 Å². The quantitative estimate of drug-likeness (QED) is 0.200. The van der Waals surface area contributed by atoms with E-state index in [1.54, 1.807) is 0 Å². The highest BCUT2D eigenvalue weighted by molar-refractivity contribution is 6.20. The standard InChI is InChI=1S/C47H36N4/c1-47-30-36(50-41-21-11-8-18-37(41)38-19-9-12-22-42(38)50)28-29-44(47)51(43-23-13-10-20-40(43)47)35-26-24-33(25-27-35)45-39(32-14-4-2-5-15-32)31-48-46(49-45)34-16-6-3-7-17-34/h2-31,44,46,49H,1H3. The van der Waals surface area contributed by atoms with Gasteiger partial charge >= 0.3 is 0 Å². The van der Waals surface area contributed by atoms with Crippen LogP contribution in [0.4, 0.5) is 11.4 Å². The van der Waals surface area contributed by atoms with Gasteiger partial charge in [0.05, 0.1) is 22.8 Å². The molecule has 10 rings (SSSR count). The van der Waals surface area contributed by atoms with Gasteiger partial charge in [-0.15, -0.1) is 0 Å². The molecule has 3 heterocycles. The number of hydrogen-bond donors (Lipinski definition) is 1. The van der Waals surface area contributed by atoms with Crippen LogP contribution < -0.4 is 10.2 Å². The molecule has 7 aromatic rings. The Morgan fingerprint density at radius 1 is 0.627 bits per heavy atom. The predicted octanol–water partition coefficient (Wildman–Crippen LogP) is 10.9. The number of hydrogen-bond acceptors (Lipinski definition) is 3. The second kappa shape index (κ2) is 11.6. The van der Waals surface area contributed by atoms with Crippen LogP contribution >= 0.6 is 0 Å². The van der Waals surface area contributed by atoms with Crippen molar-refractivity contribution in [1.82, 2.24) is 9.88 Å². The van der Waals surface area contributed by atoms with Crippen LogP contribution in [0.25, 0.3) is 38.8 Å². The SMILES string of the molecule is CC12C=C(n3c4ccccc4c4ccccc43)C=CC1N(c1ccc(C3=C(c4ccccc4)C=NC(c4ccccc4)N3)cc1)c1ccccc12. The zero-order valence-corrected chi connectivity index (χ0v) is 28.3. The molecule has 51 heavy (non-hydrogen) atoms. The molecule has 6 aromatic carbocycles. The first-order valence-corrected chi connectivity index (χ1v) is 17.7. The van der Waals surface area contributed by atoms with Gasteiger partial charge in [0.2, 0.25) is 0 Å². The molecule has 4 heteroatoms. The third-order valence-electron chi connectivity index (χ3n) is 10.9. The fourth-order valence-corrected chi connectivity index (χ4v) is 8.48. The fourth-order valence-electron chi connectivity index (χ4n) is 8.48. The summed E-state index contributed by atoms with van der Waals surface area (Å²) in [6.07, 6.45) is 9.11. The van der Waals surface area contributed by atoms with Crippen LogP contribution in [0.15, 0.2) is 181 Å². The number of nitrogens with zero attached hydrogens (tertiary/aromatic N) is 3. The summed E-state index contributed by atoms with van der Waals surface area (Å²) in [5.41, 5.74) is 12.8. The maximum Gasteiger partial charge on any atom is 0.144 e. The van der Waals surface area contributed by atoms with E-state index in [4.69, 9.17) is 4.99 Å². The summed E-state index contributed by atoms with van der Waals surface area (Å²) in [6, 6.07) is 56.6. The van der Waals surface area contributed by atoms with E-state index in [2.05, 4.69) is 192 Å². The van der Waals surface area contributed by atoms with E-state index in [0.29, 0.717) is 0 Å². The third kappa shape index (κ3) is 4.64. The number of para-hydroxylation sites is 3. The predicted molar refractivity (Wildman–Crippen MR) is 213 cm³/mol. The van der Waals surface area contributed by atoms with E-state index >= 15 is 0 Å². The van der Waals surface area contributed by atoms with Gasteiger partial charge in [0, 0.05) is 45.0 Å². The Balaban J connectivity index is 1.05. The van der Waals surface area contributed by atoms with Crippen LogP contribution in [0.3, 0.4) is 0 Å². The Hall–Kier alpha value is -6.39. The number of nitrogens with one attached hydrogen (secondary N) is 1. The number of fused-ring (bicyclic) bond motifs is 6. The van der Waals surface area contributed by atoms with Gasteiger partial charge < -0.3 is 14.8 Å². The number of rotatable bonds is 5. The zero-order valence-electron chi connectivity index (χ0n) is 28.3. The largest absolute Gasteiger partial charge is 0.359 e. The minimum Gasteiger partial charge on any atom is -0.359 e. The molecule has 0 saturated carbocycles. The maximum absolute atomic E-state index is 4.93. The fraction of sp³-hybridized carbons (Fsp3) is 0.0851. The molecule has 1 N–H and O–H groups in total. The summed E-state index contributed by atoms with van der Waals surface area (Å²) < 4.78 is 2.43. The van der Waals surface area contributed by atoms with E-state index in [0.717, 1.165) is 28.0 Å². The van der Waals surface area contributed by atoms with Crippen molar-refractivity contribution in [2.45, 2.75) is 24.5 Å². The first kappa shape index (κ1) is 29.5. The second-order valence-electron chi connectivity index (χ2n) is 13.9. The summed E-state index contributed by atoms with van der Waals surface area (Å²) in [6.45, 7) is 2.40. The molecule has 0 amide bonds. The van der Waals surface area contributed by atoms with Gasteiger partial charge in [0.15, 0.2) is 0 Å². The molecule has 0 bridgehead atoms. The van der Waals surface area contributed by atoms with Gasteiger partial charge in [-0.1, -0.05) is 133 Å². The maximum atomic E-state index is 4.93. The number of aromatic nitrogens is 1. The van der Waals surface area contributed by atoms with Crippen LogP contribution in [-0.2, 0) is 5.41 Å². The van der Waals surface area contributed by atoms with Crippen LogP contribution in [0, 0.1) is 0 Å². The average Bonchev–Trinajstić information content (AvgIpc) is 3.67. The zero-order chi connectivity index (χ0) is 33.9. The molecule has 3 unspecified atom stereocenters. The highest BCUT2D eigenvalue weighted by Crippen LogP contribution is 2.53. The van der Waals surface area contributed by atoms with E-state index in [9.17, 15) is 0 Å². The van der Waals surface area contributed by atoms with Gasteiger partial charge in [-0.25, -0.2) is 0 Å². The van der Waals surface area contributed by atoms with E-state index in [1.807, 2.05) is 12.3 Å². The van der Waals surface area contributed by atoms with Crippen LogP contribution in [0.5, 0.6) is 0 Å². The molecule has 2 aliphatic heterocycles. The topological polar surface area (TPSA) is 32.6 Å². The van der Waals surface area contributed by atoms with E-state index < -0.39 is 0 Å². The molecule has 3 aliphatic rings. The Bertz CT molecular complexity index is 2520. The Labute approximate surface area is 298 Å². The summed E-state index contributed by atoms with van der Waals surface area (Å²) in [5, 5.41) is 6.34. The summed E-state index contributed by atoms with van der Waals surface area (Å²) >= 11 is 0. The highest BCUT2D eigenvalue weighted by Gasteiger charge is 2.47. The number of benzene rings is 6. The Morgan fingerprint density at radius 2 is 1.25 bits per heavy atom. The molecule has 0 spiro atoms. The molecule has 3 atom stereocenters. The molecular weight excluding hydrogens is 621 g/mol. The van der Waals surface area contributed by atoms with Gasteiger partial charge in [-0.05, 0) is 71.7 Å². The van der Waals surface area contributed by atoms with Crippen LogP contribution in [-0.4, -0.2) is 16.8 Å². The Kier molecular flexibility index (Phi) is 6.72. The van der Waals surface area contributed by atoms with Gasteiger partial charge in [0.1, 0.15) is 6.17 Å². The van der Waals surface area contributed by atoms with E-state index in [-0.39, 0.29) is 17.6 Å². The lowest BCUT2D eigenvalue weighted by molar-refractivity contribution is 0.550. The minimum atomic E-state index is -0.237. The monoisotopic (exact) mass is 656 g/mol. The lowest BCUT2D eigenvalue weighted by Crippen LogP contribution is -2.40. The normalized spacial score (nSPS) is 20.7. The smallest absolute Gasteiger partial charge is 0.144 e. The molecule has 0 radical (unpaired) electrons. The van der Waals surface area contributed by atoms with Crippen molar-refractivity contribution in [3.05, 3.63) is 198 Å². The summed E-state index contributed by atoms with van der Waals surface area (Å²) in [5.74, 6) is 0. The van der Waals surface area contributed by atoms with E-state index in [1.165, 1.54) is 44.4 Å². The first-order chi connectivity index (χ1) is 25.2. The molecular formula is C47H36N4. The highest BCUT2D eigenvalue weighted by atomic mass is 15.2. The van der Waals surface area contributed by atoms with Gasteiger partial charge in [0.25, 0.3) is 0 Å². The molecule has 4 nitrogen and oxygen atoms in total. The third-order valence-corrected chi connectivity index (χ3v) is 10.9. The Morgan fingerprint density at radius 3 is 1.98 bits per heavy atom. The second-order valence-corrected chi connectivity index (χ2v) is 13.9. The van der Waals surface area contributed by atoms with Crippen molar-refractivity contribution in [3.8, 4) is 0 Å². The van der Waals surface area contributed by atoms with Gasteiger partial charge in [-0.3, -0.25) is 4.99 Å². The number of anilines is 2. The average molecular weight is 657 g/mol. The molecule has 1 aliphatic carbocycles. The van der Waals surface area contributed by atoms with Crippen LogP contribution in [0.1, 0.15) is 35.3 Å². The lowest BCUT2D eigenvalue weighted by atomic mass is 9.75. The van der Waals surface area contributed by atoms with Crippen LogP contribution in [0.2, 0.25) is 0 Å². The van der Waals surface area contributed by atoms with Crippen molar-refractivity contribution in [1.29, 1.82) is 0 Å². The molecule has 0 fully saturated rings. The van der Waals surface area contributed by atoms with Crippen molar-refractivity contribution >= 4 is 56.4 Å². The first-order valence-electron chi connectivity index (χ1n) is 17.7. The van der Waals surface area contributed by atoms with Crippen molar-refractivity contribution in [2.24, 2.45) is 4.99 Å². The van der Waals surface area contributed by atoms with Crippen molar-refractivity contribution in [2.75, 3.05) is 4.90 Å². The minimum absolute atomic E-state index is 0.124. The number of aliphatic imine (C=N–C) groups is 1. The lowest BCUT2D eigenvalue weighted by Gasteiger charge is -2.36. The van der Waals surface area contributed by atoms with Gasteiger partial charge in [-0.2, -0.15) is 0 Å². The molecule has 1 aromatic heterocycles. The molecule has 244 valence electrons. The number of allylic oxidation sites excluding steroid dienone is 3. The molecule has 0 saturated heterocycles.